The van der Waals surface area contributed by atoms with E-state index in [1.807, 2.05) is 14.0 Å². The molecule has 1 fully saturated rings. The fourth-order valence-corrected chi connectivity index (χ4v) is 7.31. The van der Waals surface area contributed by atoms with Gasteiger partial charge in [-0.2, -0.15) is 4.98 Å². The molecule has 1 aliphatic carbocycles. The van der Waals surface area contributed by atoms with Crippen LogP contribution in [0.5, 0.6) is 5.88 Å². The third kappa shape index (κ3) is 5.21. The summed E-state index contributed by atoms with van der Waals surface area (Å²) in [5.74, 6) is 2.04. The number of aromatic nitrogens is 2. The number of aliphatic imine (C=N–C) groups is 1. The van der Waals surface area contributed by atoms with Crippen molar-refractivity contribution in [1.29, 1.82) is 0 Å². The largest absolute Gasteiger partial charge is 0.463 e. The molecular formula is C26H37N4O3P. The van der Waals surface area contributed by atoms with Crippen LogP contribution in [0, 0.1) is 5.92 Å². The van der Waals surface area contributed by atoms with Gasteiger partial charge in [0.2, 0.25) is 13.2 Å². The predicted molar refractivity (Wildman–Crippen MR) is 138 cm³/mol. The summed E-state index contributed by atoms with van der Waals surface area (Å²) >= 11 is 0. The molecule has 2 atom stereocenters. The molecule has 34 heavy (non-hydrogen) atoms. The maximum atomic E-state index is 12.3. The molecule has 0 saturated heterocycles. The van der Waals surface area contributed by atoms with E-state index in [0.29, 0.717) is 41.5 Å². The quantitative estimate of drug-likeness (QED) is 0.436. The first-order valence-corrected chi connectivity index (χ1v) is 14.5. The summed E-state index contributed by atoms with van der Waals surface area (Å²) in [6.07, 6.45) is 8.17. The van der Waals surface area contributed by atoms with Gasteiger partial charge < -0.3 is 14.9 Å². The number of rotatable bonds is 8. The number of ether oxygens (including phenoxy) is 1. The Labute approximate surface area is 202 Å². The molecule has 0 amide bonds. The van der Waals surface area contributed by atoms with Crippen molar-refractivity contribution < 1.29 is 14.2 Å². The van der Waals surface area contributed by atoms with Crippen LogP contribution in [0.2, 0.25) is 0 Å². The molecule has 0 spiro atoms. The highest BCUT2D eigenvalue weighted by molar-refractivity contribution is 7.57. The third-order valence-electron chi connectivity index (χ3n) is 7.37. The van der Waals surface area contributed by atoms with Crippen LogP contribution in [0.3, 0.4) is 0 Å². The summed E-state index contributed by atoms with van der Waals surface area (Å²) in [7, 11) is -1.14. The van der Waals surface area contributed by atoms with Gasteiger partial charge in [0.25, 0.3) is 0 Å². The van der Waals surface area contributed by atoms with Crippen molar-refractivity contribution in [2.75, 3.05) is 24.7 Å². The van der Waals surface area contributed by atoms with E-state index in [-0.39, 0.29) is 0 Å². The van der Waals surface area contributed by atoms with E-state index < -0.39 is 13.0 Å². The first kappa shape index (κ1) is 24.9. The molecule has 1 aromatic carbocycles. The van der Waals surface area contributed by atoms with Crippen LogP contribution in [-0.2, 0) is 4.57 Å². The summed E-state index contributed by atoms with van der Waals surface area (Å²) < 4.78 is 18.7. The summed E-state index contributed by atoms with van der Waals surface area (Å²) in [5, 5.41) is 3.08. The Kier molecular flexibility index (Phi) is 7.44. The molecule has 1 aromatic heterocycles. The Balaban J connectivity index is 1.50. The lowest BCUT2D eigenvalue weighted by molar-refractivity contribution is 0.146. The van der Waals surface area contributed by atoms with Crippen LogP contribution in [0.15, 0.2) is 35.6 Å². The van der Waals surface area contributed by atoms with Crippen molar-refractivity contribution in [3.63, 3.8) is 0 Å². The monoisotopic (exact) mass is 484 g/mol. The molecule has 2 unspecified atom stereocenters. The zero-order chi connectivity index (χ0) is 24.3. The molecule has 1 aliphatic heterocycles. The summed E-state index contributed by atoms with van der Waals surface area (Å²) in [5.41, 5.74) is 3.33. The molecule has 0 bridgehead atoms. The molecule has 2 N–H and O–H groups in total. The van der Waals surface area contributed by atoms with E-state index in [2.05, 4.69) is 53.4 Å². The van der Waals surface area contributed by atoms with Crippen LogP contribution in [-0.4, -0.2) is 45.5 Å². The van der Waals surface area contributed by atoms with Gasteiger partial charge >= 0.3 is 0 Å². The first-order valence-electron chi connectivity index (χ1n) is 12.5. The Hall–Kier alpha value is -2.24. The van der Waals surface area contributed by atoms with E-state index >= 15 is 0 Å². The molecule has 1 saturated carbocycles. The van der Waals surface area contributed by atoms with Crippen LogP contribution in [0.4, 0.5) is 11.5 Å². The highest BCUT2D eigenvalue weighted by atomic mass is 31.2. The van der Waals surface area contributed by atoms with Crippen LogP contribution >= 0.6 is 7.37 Å². The molecule has 2 heterocycles. The topological polar surface area (TPSA) is 96.7 Å². The SMILES string of the molecule is CCCP(=O)(O)CC1CCC(c2ccc(C3=Nc4c(NC)ncnc4OC3(C)CC)cc2)CC1. The number of fused-ring (bicyclic) bond motifs is 1. The molecule has 184 valence electrons. The standard InChI is InChI=1S/C26H37N4O3P/c1-5-15-34(31,32)16-18-7-9-19(10-8-18)20-11-13-21(14-12-20)23-26(3,6-2)33-25-22(30-23)24(27-4)28-17-29-25/h11-14,17-19H,5-10,15-16H2,1-4H3,(H,31,32)(H,27,28,29). The molecule has 2 aliphatic rings. The van der Waals surface area contributed by atoms with Gasteiger partial charge in [-0.1, -0.05) is 38.1 Å². The fourth-order valence-electron chi connectivity index (χ4n) is 5.26. The third-order valence-corrected chi connectivity index (χ3v) is 9.60. The minimum Gasteiger partial charge on any atom is -0.463 e. The number of benzene rings is 1. The van der Waals surface area contributed by atoms with E-state index in [4.69, 9.17) is 9.73 Å². The first-order chi connectivity index (χ1) is 16.3. The number of anilines is 1. The lowest BCUT2D eigenvalue weighted by Crippen LogP contribution is -2.43. The van der Waals surface area contributed by atoms with Crippen LogP contribution in [0.1, 0.15) is 76.3 Å². The van der Waals surface area contributed by atoms with Crippen molar-refractivity contribution >= 4 is 24.6 Å². The number of nitrogens with zero attached hydrogens (tertiary/aromatic N) is 3. The summed E-state index contributed by atoms with van der Waals surface area (Å²) in [4.78, 5) is 23.7. The maximum absolute atomic E-state index is 12.3. The van der Waals surface area contributed by atoms with Crippen molar-refractivity contribution in [2.45, 2.75) is 70.8 Å². The van der Waals surface area contributed by atoms with Gasteiger partial charge in [0.15, 0.2) is 17.1 Å². The molecular weight excluding hydrogens is 447 g/mol. The predicted octanol–water partition coefficient (Wildman–Crippen LogP) is 6.15. The highest BCUT2D eigenvalue weighted by Gasteiger charge is 2.38. The van der Waals surface area contributed by atoms with E-state index in [0.717, 1.165) is 49.8 Å². The lowest BCUT2D eigenvalue weighted by atomic mass is 9.79. The highest BCUT2D eigenvalue weighted by Crippen LogP contribution is 2.48. The van der Waals surface area contributed by atoms with Gasteiger partial charge in [-0.05, 0) is 62.8 Å². The molecule has 4 rings (SSSR count). The number of hydrogen-bond acceptors (Lipinski definition) is 6. The van der Waals surface area contributed by atoms with Gasteiger partial charge in [0, 0.05) is 24.9 Å². The second-order valence-corrected chi connectivity index (χ2v) is 12.4. The zero-order valence-corrected chi connectivity index (χ0v) is 21.6. The van der Waals surface area contributed by atoms with Crippen molar-refractivity contribution in [2.24, 2.45) is 10.9 Å². The van der Waals surface area contributed by atoms with Crippen molar-refractivity contribution in [1.82, 2.24) is 9.97 Å². The number of hydrogen-bond donors (Lipinski definition) is 2. The maximum Gasteiger partial charge on any atom is 0.246 e. The average Bonchev–Trinajstić information content (AvgIpc) is 2.83. The molecule has 2 aromatic rings. The Bertz CT molecular complexity index is 1080. The second-order valence-electron chi connectivity index (χ2n) is 9.87. The van der Waals surface area contributed by atoms with E-state index in [1.54, 1.807) is 0 Å². The van der Waals surface area contributed by atoms with Crippen molar-refractivity contribution in [3.05, 3.63) is 41.7 Å². The normalized spacial score (nSPS) is 26.1. The molecule has 7 nitrogen and oxygen atoms in total. The molecule has 0 radical (unpaired) electrons. The lowest BCUT2D eigenvalue weighted by Gasteiger charge is -2.35. The minimum absolute atomic E-state index is 0.376. The van der Waals surface area contributed by atoms with Gasteiger partial charge in [0.05, 0.1) is 5.71 Å². The van der Waals surface area contributed by atoms with Crippen LogP contribution in [0.25, 0.3) is 0 Å². The van der Waals surface area contributed by atoms with Gasteiger partial charge in [-0.15, -0.1) is 0 Å². The van der Waals surface area contributed by atoms with E-state index in [1.165, 1.54) is 11.9 Å². The smallest absolute Gasteiger partial charge is 0.246 e. The Morgan fingerprint density at radius 3 is 2.47 bits per heavy atom. The van der Waals surface area contributed by atoms with Gasteiger partial charge in [0.1, 0.15) is 6.33 Å². The molecule has 8 heteroatoms. The number of nitrogens with one attached hydrogen (secondary N) is 1. The Morgan fingerprint density at radius 1 is 1.15 bits per heavy atom. The second kappa shape index (κ2) is 10.2. The van der Waals surface area contributed by atoms with Gasteiger partial charge in [-0.3, -0.25) is 4.57 Å². The van der Waals surface area contributed by atoms with Crippen LogP contribution < -0.4 is 10.1 Å². The Morgan fingerprint density at radius 2 is 1.85 bits per heavy atom. The fraction of sp³-hybridized carbons (Fsp3) is 0.577. The average molecular weight is 485 g/mol. The zero-order valence-electron chi connectivity index (χ0n) is 20.8. The van der Waals surface area contributed by atoms with Gasteiger partial charge in [-0.25, -0.2) is 9.98 Å². The summed E-state index contributed by atoms with van der Waals surface area (Å²) in [6, 6.07) is 8.72. The minimum atomic E-state index is -2.96. The summed E-state index contributed by atoms with van der Waals surface area (Å²) in [6.45, 7) is 6.13. The van der Waals surface area contributed by atoms with Crippen molar-refractivity contribution in [3.8, 4) is 5.88 Å². The van der Waals surface area contributed by atoms with E-state index in [9.17, 15) is 9.46 Å².